The van der Waals surface area contributed by atoms with Crippen LogP contribution >= 0.6 is 23.8 Å². The van der Waals surface area contributed by atoms with Gasteiger partial charge in [-0.05, 0) is 48.6 Å². The number of carbonyl (C=O) groups excluding carboxylic acids is 2. The van der Waals surface area contributed by atoms with Crippen LogP contribution in [0.1, 0.15) is 20.8 Å². The fourth-order valence-electron chi connectivity index (χ4n) is 2.18. The Bertz CT molecular complexity index is 992. The molecular weight excluding hydrogens is 372 g/mol. The van der Waals surface area contributed by atoms with Crippen LogP contribution in [0.2, 0.25) is 5.02 Å². The van der Waals surface area contributed by atoms with Crippen LogP contribution in [0.4, 0.5) is 0 Å². The second-order valence-electron chi connectivity index (χ2n) is 5.26. The molecule has 1 heterocycles. The number of carbonyl (C=O) groups is 2. The number of hydrogen-bond donors (Lipinski definition) is 3. The van der Waals surface area contributed by atoms with Gasteiger partial charge >= 0.3 is 0 Å². The van der Waals surface area contributed by atoms with Crippen LogP contribution in [-0.4, -0.2) is 21.9 Å². The average molecular weight is 385 g/mol. The van der Waals surface area contributed by atoms with Crippen LogP contribution in [0.5, 0.6) is 0 Å². The minimum absolute atomic E-state index is 0.0425. The van der Waals surface area contributed by atoms with Gasteiger partial charge in [0.2, 0.25) is 0 Å². The van der Waals surface area contributed by atoms with Gasteiger partial charge in [0.25, 0.3) is 11.8 Å². The zero-order valence-corrected chi connectivity index (χ0v) is 14.9. The number of fused-ring (bicyclic) bond motifs is 1. The first-order valence-electron chi connectivity index (χ1n) is 7.56. The lowest BCUT2D eigenvalue weighted by atomic mass is 10.2. The monoisotopic (exact) mass is 384 g/mol. The van der Waals surface area contributed by atoms with Gasteiger partial charge in [0.05, 0.1) is 5.52 Å². The predicted molar refractivity (Wildman–Crippen MR) is 104 cm³/mol. The molecule has 26 heavy (non-hydrogen) atoms. The summed E-state index contributed by atoms with van der Waals surface area (Å²) in [4.78, 5) is 28.5. The number of hydrazine groups is 1. The van der Waals surface area contributed by atoms with Crippen molar-refractivity contribution in [3.8, 4) is 0 Å². The Balaban J connectivity index is 1.57. The van der Waals surface area contributed by atoms with Crippen LogP contribution in [-0.2, 0) is 0 Å². The quantitative estimate of drug-likeness (QED) is 0.467. The number of rotatable bonds is 2. The molecule has 1 aromatic heterocycles. The highest BCUT2D eigenvalue weighted by atomic mass is 35.5. The van der Waals surface area contributed by atoms with E-state index < -0.39 is 11.8 Å². The molecule has 0 spiro atoms. The maximum atomic E-state index is 12.2. The van der Waals surface area contributed by atoms with Crippen molar-refractivity contribution in [2.45, 2.75) is 0 Å². The maximum Gasteiger partial charge on any atom is 0.288 e. The van der Waals surface area contributed by atoms with Crippen molar-refractivity contribution in [2.24, 2.45) is 0 Å². The van der Waals surface area contributed by atoms with E-state index in [1.54, 1.807) is 36.4 Å². The molecular formula is C18H13ClN4O2S. The Morgan fingerprint density at radius 2 is 1.62 bits per heavy atom. The van der Waals surface area contributed by atoms with Gasteiger partial charge in [-0.25, -0.2) is 4.98 Å². The minimum atomic E-state index is -0.473. The molecule has 6 nitrogen and oxygen atoms in total. The highest BCUT2D eigenvalue weighted by molar-refractivity contribution is 7.80. The van der Waals surface area contributed by atoms with Gasteiger partial charge in [-0.3, -0.25) is 25.8 Å². The number of thiocarbonyl (C=S) groups is 1. The van der Waals surface area contributed by atoms with Gasteiger partial charge in [0.15, 0.2) is 5.11 Å². The third kappa shape index (κ3) is 4.33. The van der Waals surface area contributed by atoms with Crippen molar-refractivity contribution < 1.29 is 9.59 Å². The molecule has 0 aliphatic heterocycles. The number of pyridine rings is 1. The van der Waals surface area contributed by atoms with E-state index in [2.05, 4.69) is 21.2 Å². The average Bonchev–Trinajstić information content (AvgIpc) is 2.66. The third-order valence-electron chi connectivity index (χ3n) is 3.45. The number of halogens is 1. The second-order valence-corrected chi connectivity index (χ2v) is 6.10. The number of aromatic nitrogens is 1. The summed E-state index contributed by atoms with van der Waals surface area (Å²) < 4.78 is 0. The highest BCUT2D eigenvalue weighted by Gasteiger charge is 2.11. The topological polar surface area (TPSA) is 83.1 Å². The first kappa shape index (κ1) is 17.8. The van der Waals surface area contributed by atoms with Crippen LogP contribution in [0.15, 0.2) is 60.7 Å². The van der Waals surface area contributed by atoms with Crippen LogP contribution in [0, 0.1) is 0 Å². The van der Waals surface area contributed by atoms with Gasteiger partial charge in [-0.2, -0.15) is 0 Å². The van der Waals surface area contributed by atoms with E-state index in [9.17, 15) is 9.59 Å². The number of para-hydroxylation sites is 1. The standard InChI is InChI=1S/C18H13ClN4O2S/c19-13-8-5-12(6-9-13)16(24)21-18(26)23-22-17(25)15-10-7-11-3-1-2-4-14(11)20-15/h1-10H,(H,22,25)(H2,21,23,24,26). The highest BCUT2D eigenvalue weighted by Crippen LogP contribution is 2.11. The molecule has 0 aliphatic carbocycles. The molecule has 130 valence electrons. The lowest BCUT2D eigenvalue weighted by Gasteiger charge is -2.11. The molecule has 2 amide bonds. The molecule has 3 aromatic rings. The summed E-state index contributed by atoms with van der Waals surface area (Å²) in [7, 11) is 0. The molecule has 0 aliphatic rings. The minimum Gasteiger partial charge on any atom is -0.298 e. The van der Waals surface area contributed by atoms with Gasteiger partial charge < -0.3 is 0 Å². The van der Waals surface area contributed by atoms with Crippen molar-refractivity contribution in [3.05, 3.63) is 76.9 Å². The number of hydrogen-bond acceptors (Lipinski definition) is 4. The summed E-state index contributed by atoms with van der Waals surface area (Å²) >= 11 is 10.8. The predicted octanol–water partition coefficient (Wildman–Crippen LogP) is 2.84. The van der Waals surface area contributed by atoms with Crippen molar-refractivity contribution in [2.75, 3.05) is 0 Å². The van der Waals surface area contributed by atoms with Crippen molar-refractivity contribution in [3.63, 3.8) is 0 Å². The van der Waals surface area contributed by atoms with E-state index in [1.807, 2.05) is 24.3 Å². The summed E-state index contributed by atoms with van der Waals surface area (Å²) in [6.07, 6.45) is 0. The molecule has 2 aromatic carbocycles. The number of nitrogens with zero attached hydrogens (tertiary/aromatic N) is 1. The smallest absolute Gasteiger partial charge is 0.288 e. The van der Waals surface area contributed by atoms with Gasteiger partial charge in [-0.1, -0.05) is 35.9 Å². The molecule has 0 unspecified atom stereocenters. The lowest BCUT2D eigenvalue weighted by Crippen LogP contribution is -2.48. The van der Waals surface area contributed by atoms with Crippen LogP contribution < -0.4 is 16.2 Å². The molecule has 0 bridgehead atoms. The normalized spacial score (nSPS) is 10.2. The third-order valence-corrected chi connectivity index (χ3v) is 3.91. The van der Waals surface area contributed by atoms with Crippen molar-refractivity contribution in [1.29, 1.82) is 0 Å². The number of benzene rings is 2. The molecule has 0 saturated carbocycles. The maximum absolute atomic E-state index is 12.2. The van der Waals surface area contributed by atoms with Crippen molar-refractivity contribution >= 4 is 51.6 Å². The molecule has 3 rings (SSSR count). The molecule has 0 fully saturated rings. The Labute approximate surface area is 159 Å². The lowest BCUT2D eigenvalue weighted by molar-refractivity contribution is 0.0931. The van der Waals surface area contributed by atoms with E-state index in [0.717, 1.165) is 5.39 Å². The summed E-state index contributed by atoms with van der Waals surface area (Å²) in [5.41, 5.74) is 6.20. The Morgan fingerprint density at radius 1 is 0.885 bits per heavy atom. The zero-order chi connectivity index (χ0) is 18.5. The number of amides is 2. The Morgan fingerprint density at radius 3 is 2.38 bits per heavy atom. The summed E-state index contributed by atoms with van der Waals surface area (Å²) in [6, 6.07) is 17.2. The fourth-order valence-corrected chi connectivity index (χ4v) is 2.45. The molecule has 0 saturated heterocycles. The largest absolute Gasteiger partial charge is 0.298 e. The van der Waals surface area contributed by atoms with E-state index in [4.69, 9.17) is 23.8 Å². The van der Waals surface area contributed by atoms with Crippen molar-refractivity contribution in [1.82, 2.24) is 21.2 Å². The zero-order valence-electron chi connectivity index (χ0n) is 13.3. The molecule has 8 heteroatoms. The van der Waals surface area contributed by atoms with E-state index in [1.165, 1.54) is 0 Å². The summed E-state index contributed by atoms with van der Waals surface area (Å²) in [5.74, 6) is -0.893. The van der Waals surface area contributed by atoms with E-state index >= 15 is 0 Å². The molecule has 0 radical (unpaired) electrons. The number of nitrogens with one attached hydrogen (secondary N) is 3. The van der Waals surface area contributed by atoms with Gasteiger partial charge in [0.1, 0.15) is 5.69 Å². The second kappa shape index (κ2) is 7.90. The first-order chi connectivity index (χ1) is 12.5. The molecule has 3 N–H and O–H groups in total. The van der Waals surface area contributed by atoms with Gasteiger partial charge in [-0.15, -0.1) is 0 Å². The Hall–Kier alpha value is -3.03. The SMILES string of the molecule is O=C(NC(=S)NNC(=O)c1ccc2ccccc2n1)c1ccc(Cl)cc1. The van der Waals surface area contributed by atoms with Crippen LogP contribution in [0.25, 0.3) is 10.9 Å². The molecule has 0 atom stereocenters. The first-order valence-corrected chi connectivity index (χ1v) is 8.34. The van der Waals surface area contributed by atoms with Crippen LogP contribution in [0.3, 0.4) is 0 Å². The Kier molecular flexibility index (Phi) is 5.40. The van der Waals surface area contributed by atoms with E-state index in [-0.39, 0.29) is 10.8 Å². The summed E-state index contributed by atoms with van der Waals surface area (Å²) in [5, 5.41) is 3.87. The van der Waals surface area contributed by atoms with Gasteiger partial charge in [0, 0.05) is 16.0 Å². The van der Waals surface area contributed by atoms with E-state index in [0.29, 0.717) is 16.1 Å². The summed E-state index contributed by atoms with van der Waals surface area (Å²) in [6.45, 7) is 0. The fraction of sp³-hybridized carbons (Fsp3) is 0.